The van der Waals surface area contributed by atoms with Crippen molar-refractivity contribution in [2.45, 2.75) is 64.5 Å². The van der Waals surface area contributed by atoms with Crippen molar-refractivity contribution in [1.82, 2.24) is 21.3 Å². The molecule has 1 aliphatic carbocycles. The molecule has 0 aromatic carbocycles. The molecule has 27 heavy (non-hydrogen) atoms. The highest BCUT2D eigenvalue weighted by Gasteiger charge is 2.32. The molecule has 0 aromatic heterocycles. The van der Waals surface area contributed by atoms with Crippen molar-refractivity contribution in [3.05, 3.63) is 0 Å². The van der Waals surface area contributed by atoms with Crippen molar-refractivity contribution in [2.75, 3.05) is 6.54 Å². The van der Waals surface area contributed by atoms with Gasteiger partial charge in [-0.05, 0) is 32.6 Å². The van der Waals surface area contributed by atoms with Gasteiger partial charge in [0.15, 0.2) is 0 Å². The van der Waals surface area contributed by atoms with Crippen LogP contribution >= 0.6 is 0 Å². The maximum absolute atomic E-state index is 12.5. The molecular formula is C16H29BN4O6. The smallest absolute Gasteiger partial charge is 0.426 e. The Kier molecular flexibility index (Phi) is 9.23. The van der Waals surface area contributed by atoms with Crippen LogP contribution in [0.3, 0.4) is 0 Å². The van der Waals surface area contributed by atoms with Crippen molar-refractivity contribution in [3.63, 3.8) is 0 Å². The third-order valence-electron chi connectivity index (χ3n) is 4.52. The highest BCUT2D eigenvalue weighted by Crippen LogP contribution is 2.27. The standard InChI is InChI=1S/C16H29BN4O6/c1-9(15(24)18-8-13(23)20-10(2)17(26)27)19-16(25)14(21-11(3)22)12-6-4-5-7-12/h9-10,12,14,26-27H,4-8H2,1-3H3,(H,18,24)(H,19,25)(H,20,23)(H,21,22)/t9-,10+,14-/m0/s1. The molecule has 0 heterocycles. The van der Waals surface area contributed by atoms with E-state index in [-0.39, 0.29) is 18.4 Å². The van der Waals surface area contributed by atoms with Crippen LogP contribution in [0.1, 0.15) is 46.5 Å². The van der Waals surface area contributed by atoms with E-state index in [0.717, 1.165) is 25.7 Å². The largest absolute Gasteiger partial charge is 0.475 e. The van der Waals surface area contributed by atoms with Gasteiger partial charge in [0, 0.05) is 6.92 Å². The van der Waals surface area contributed by atoms with Crippen molar-refractivity contribution >= 4 is 30.7 Å². The number of rotatable bonds is 9. The van der Waals surface area contributed by atoms with Crippen molar-refractivity contribution < 1.29 is 29.2 Å². The van der Waals surface area contributed by atoms with Crippen LogP contribution in [0.15, 0.2) is 0 Å². The lowest BCUT2D eigenvalue weighted by atomic mass is 9.81. The van der Waals surface area contributed by atoms with Crippen LogP contribution < -0.4 is 21.3 Å². The van der Waals surface area contributed by atoms with Crippen LogP contribution in [-0.4, -0.2) is 65.4 Å². The van der Waals surface area contributed by atoms with Crippen LogP contribution in [0.4, 0.5) is 0 Å². The van der Waals surface area contributed by atoms with Crippen LogP contribution in [0.2, 0.25) is 0 Å². The van der Waals surface area contributed by atoms with E-state index >= 15 is 0 Å². The van der Waals surface area contributed by atoms with Gasteiger partial charge < -0.3 is 31.3 Å². The molecule has 10 nitrogen and oxygen atoms in total. The number of carbonyl (C=O) groups excluding carboxylic acids is 4. The molecule has 1 fully saturated rings. The van der Waals surface area contributed by atoms with E-state index < -0.39 is 42.9 Å². The van der Waals surface area contributed by atoms with E-state index in [2.05, 4.69) is 21.3 Å². The van der Waals surface area contributed by atoms with Crippen LogP contribution in [-0.2, 0) is 19.2 Å². The van der Waals surface area contributed by atoms with Gasteiger partial charge in [-0.1, -0.05) is 12.8 Å². The molecule has 0 saturated heterocycles. The normalized spacial score (nSPS) is 17.4. The molecule has 0 unspecified atom stereocenters. The van der Waals surface area contributed by atoms with Gasteiger partial charge in [-0.2, -0.15) is 0 Å². The van der Waals surface area contributed by atoms with Gasteiger partial charge in [0.1, 0.15) is 12.1 Å². The Balaban J connectivity index is 2.50. The van der Waals surface area contributed by atoms with Gasteiger partial charge in [-0.25, -0.2) is 0 Å². The number of carbonyl (C=O) groups is 4. The molecule has 152 valence electrons. The van der Waals surface area contributed by atoms with Gasteiger partial charge in [0.05, 0.1) is 12.5 Å². The fraction of sp³-hybridized carbons (Fsp3) is 0.750. The molecule has 0 bridgehead atoms. The number of nitrogens with one attached hydrogen (secondary N) is 4. The Morgan fingerprint density at radius 3 is 2.11 bits per heavy atom. The van der Waals surface area contributed by atoms with Crippen molar-refractivity contribution in [3.8, 4) is 0 Å². The van der Waals surface area contributed by atoms with Gasteiger partial charge in [0.25, 0.3) is 0 Å². The zero-order valence-electron chi connectivity index (χ0n) is 15.9. The molecule has 6 N–H and O–H groups in total. The second kappa shape index (κ2) is 10.9. The predicted molar refractivity (Wildman–Crippen MR) is 98.0 cm³/mol. The zero-order chi connectivity index (χ0) is 20.6. The minimum Gasteiger partial charge on any atom is -0.426 e. The van der Waals surface area contributed by atoms with Crippen molar-refractivity contribution in [2.24, 2.45) is 5.92 Å². The second-order valence-corrected chi connectivity index (χ2v) is 6.94. The molecule has 4 amide bonds. The molecular weight excluding hydrogens is 355 g/mol. The Hall–Kier alpha value is -2.14. The predicted octanol–water partition coefficient (Wildman–Crippen LogP) is -2.18. The minimum absolute atomic E-state index is 0.0429. The molecule has 3 atom stereocenters. The number of hydrogen-bond acceptors (Lipinski definition) is 6. The summed E-state index contributed by atoms with van der Waals surface area (Å²) in [7, 11) is -1.70. The first-order valence-electron chi connectivity index (χ1n) is 9.12. The third kappa shape index (κ3) is 7.96. The summed E-state index contributed by atoms with van der Waals surface area (Å²) in [5.41, 5.74) is 0. The Morgan fingerprint density at radius 1 is 1.00 bits per heavy atom. The maximum Gasteiger partial charge on any atom is 0.475 e. The summed E-state index contributed by atoms with van der Waals surface area (Å²) < 4.78 is 0. The average Bonchev–Trinajstić information content (AvgIpc) is 3.11. The van der Waals surface area contributed by atoms with Gasteiger partial charge in [0.2, 0.25) is 23.6 Å². The lowest BCUT2D eigenvalue weighted by molar-refractivity contribution is -0.133. The van der Waals surface area contributed by atoms with E-state index in [4.69, 9.17) is 10.0 Å². The first kappa shape index (κ1) is 22.9. The Bertz CT molecular complexity index is 553. The monoisotopic (exact) mass is 384 g/mol. The Labute approximate surface area is 159 Å². The highest BCUT2D eigenvalue weighted by atomic mass is 16.4. The van der Waals surface area contributed by atoms with Gasteiger partial charge >= 0.3 is 7.12 Å². The molecule has 1 saturated carbocycles. The van der Waals surface area contributed by atoms with Gasteiger partial charge in [-0.15, -0.1) is 0 Å². The van der Waals surface area contributed by atoms with Crippen LogP contribution in [0.5, 0.6) is 0 Å². The van der Waals surface area contributed by atoms with E-state index in [0.29, 0.717) is 0 Å². The first-order valence-corrected chi connectivity index (χ1v) is 9.12. The Morgan fingerprint density at radius 2 is 1.59 bits per heavy atom. The summed E-state index contributed by atoms with van der Waals surface area (Å²) in [6, 6.07) is -1.58. The summed E-state index contributed by atoms with van der Waals surface area (Å²) >= 11 is 0. The number of hydrogen-bond donors (Lipinski definition) is 6. The molecule has 11 heteroatoms. The molecule has 1 rings (SSSR count). The highest BCUT2D eigenvalue weighted by molar-refractivity contribution is 6.43. The summed E-state index contributed by atoms with van der Waals surface area (Å²) in [6.45, 7) is 3.85. The van der Waals surface area contributed by atoms with Crippen molar-refractivity contribution in [1.29, 1.82) is 0 Å². The zero-order valence-corrected chi connectivity index (χ0v) is 15.9. The molecule has 0 radical (unpaired) electrons. The minimum atomic E-state index is -1.70. The number of amides is 4. The maximum atomic E-state index is 12.5. The molecule has 0 aromatic rings. The van der Waals surface area contributed by atoms with Gasteiger partial charge in [-0.3, -0.25) is 19.2 Å². The summed E-state index contributed by atoms with van der Waals surface area (Å²) in [5, 5.41) is 27.7. The fourth-order valence-electron chi connectivity index (χ4n) is 2.98. The van der Waals surface area contributed by atoms with Crippen LogP contribution in [0, 0.1) is 5.92 Å². The molecule has 0 spiro atoms. The quantitative estimate of drug-likeness (QED) is 0.248. The first-order chi connectivity index (χ1) is 12.6. The average molecular weight is 384 g/mol. The summed E-state index contributed by atoms with van der Waals surface area (Å²) in [6.07, 6.45) is 3.68. The lowest BCUT2D eigenvalue weighted by Crippen LogP contribution is -2.55. The second-order valence-electron chi connectivity index (χ2n) is 6.94. The molecule has 1 aliphatic rings. The van der Waals surface area contributed by atoms with E-state index in [9.17, 15) is 19.2 Å². The topological polar surface area (TPSA) is 157 Å². The SMILES string of the molecule is CC(=O)N[C@H](C(=O)N[C@@H](C)C(=O)NCC(=O)N[C@H](C)B(O)O)C1CCCC1. The van der Waals surface area contributed by atoms with E-state index in [1.807, 2.05) is 0 Å². The van der Waals surface area contributed by atoms with Crippen LogP contribution in [0.25, 0.3) is 0 Å². The summed E-state index contributed by atoms with van der Waals surface area (Å²) in [5.74, 6) is -2.73. The fourth-order valence-corrected chi connectivity index (χ4v) is 2.98. The molecule has 0 aliphatic heterocycles. The summed E-state index contributed by atoms with van der Waals surface area (Å²) in [4.78, 5) is 47.6. The third-order valence-corrected chi connectivity index (χ3v) is 4.52. The van der Waals surface area contributed by atoms with E-state index in [1.165, 1.54) is 20.8 Å². The van der Waals surface area contributed by atoms with E-state index in [1.54, 1.807) is 0 Å². The lowest BCUT2D eigenvalue weighted by Gasteiger charge is -2.25.